The minimum Gasteiger partial charge on any atom is -0.496 e. The lowest BCUT2D eigenvalue weighted by Crippen LogP contribution is -2.54. The number of aromatic nitrogens is 2. The Morgan fingerprint density at radius 1 is 0.893 bits per heavy atom. The second kappa shape index (κ2) is 18.2. The van der Waals surface area contributed by atoms with E-state index in [9.17, 15) is 28.8 Å². The lowest BCUT2D eigenvalue weighted by molar-refractivity contribution is -0.136. The van der Waals surface area contributed by atoms with Crippen molar-refractivity contribution in [3.8, 4) is 22.6 Å². The summed E-state index contributed by atoms with van der Waals surface area (Å²) in [6.45, 7) is 0.528. The molecule has 14 heteroatoms. The van der Waals surface area contributed by atoms with Gasteiger partial charge in [0.25, 0.3) is 17.4 Å². The fourth-order valence-corrected chi connectivity index (χ4v) is 7.47. The normalized spacial score (nSPS) is 15.3. The molecule has 1 unspecified atom stereocenters. The van der Waals surface area contributed by atoms with Crippen LogP contribution in [0.1, 0.15) is 89.6 Å². The number of unbranched alkanes of at least 4 members (excludes halogenated alkanes) is 6. The van der Waals surface area contributed by atoms with Crippen molar-refractivity contribution in [2.45, 2.75) is 76.9 Å². The summed E-state index contributed by atoms with van der Waals surface area (Å²) in [5, 5.41) is 6.42. The highest BCUT2D eigenvalue weighted by atomic mass is 16.5. The van der Waals surface area contributed by atoms with Crippen LogP contribution in [0.2, 0.25) is 0 Å². The van der Waals surface area contributed by atoms with E-state index in [1.54, 1.807) is 58.1 Å². The molecule has 0 saturated carbocycles. The molecule has 5 amide bonds. The van der Waals surface area contributed by atoms with Gasteiger partial charge in [-0.15, -0.1) is 0 Å². The number of piperidine rings is 1. The number of hydrogen-bond donors (Lipinski definition) is 2. The van der Waals surface area contributed by atoms with Crippen LogP contribution >= 0.6 is 0 Å². The van der Waals surface area contributed by atoms with E-state index in [4.69, 9.17) is 14.2 Å². The number of nitrogens with one attached hydrogen (secondary N) is 2. The van der Waals surface area contributed by atoms with Gasteiger partial charge in [-0.05, 0) is 66.5 Å². The third-order valence-electron chi connectivity index (χ3n) is 10.4. The first-order valence-corrected chi connectivity index (χ1v) is 19.0. The number of nitrogens with zero attached hydrogens (tertiary/aromatic N) is 3. The van der Waals surface area contributed by atoms with Gasteiger partial charge in [-0.25, -0.2) is 0 Å². The molecule has 56 heavy (non-hydrogen) atoms. The Morgan fingerprint density at radius 2 is 1.61 bits per heavy atom. The van der Waals surface area contributed by atoms with Crippen molar-refractivity contribution in [3.63, 3.8) is 0 Å². The van der Waals surface area contributed by atoms with Crippen LogP contribution in [0.15, 0.2) is 59.8 Å². The van der Waals surface area contributed by atoms with Crippen LogP contribution in [-0.2, 0) is 39.2 Å². The predicted octanol–water partition coefficient (Wildman–Crippen LogP) is 4.63. The fraction of sp³-hybridized carbons (Fsp3) is 0.405. The van der Waals surface area contributed by atoms with E-state index in [2.05, 4.69) is 15.6 Å². The van der Waals surface area contributed by atoms with Crippen LogP contribution in [0.5, 0.6) is 11.5 Å². The Kier molecular flexibility index (Phi) is 12.9. The summed E-state index contributed by atoms with van der Waals surface area (Å²) in [6, 6.07) is 9.81. The molecule has 1 atom stereocenters. The second-order valence-corrected chi connectivity index (χ2v) is 14.1. The lowest BCUT2D eigenvalue weighted by atomic mass is 9.97. The molecule has 0 radical (unpaired) electrons. The quantitative estimate of drug-likeness (QED) is 0.107. The predicted molar refractivity (Wildman–Crippen MR) is 207 cm³/mol. The molecule has 2 aliphatic heterocycles. The Morgan fingerprint density at radius 3 is 2.32 bits per heavy atom. The zero-order valence-corrected chi connectivity index (χ0v) is 32.0. The fourth-order valence-electron chi connectivity index (χ4n) is 7.47. The van der Waals surface area contributed by atoms with Crippen LogP contribution in [0.3, 0.4) is 0 Å². The molecule has 0 spiro atoms. The largest absolute Gasteiger partial charge is 0.496 e. The summed E-state index contributed by atoms with van der Waals surface area (Å²) in [7, 11) is 4.81. The first-order chi connectivity index (χ1) is 27.1. The Balaban J connectivity index is 0.883. The van der Waals surface area contributed by atoms with Crippen molar-refractivity contribution >= 4 is 40.3 Å². The summed E-state index contributed by atoms with van der Waals surface area (Å²) < 4.78 is 18.7. The highest BCUT2D eigenvalue weighted by molar-refractivity contribution is 6.24. The van der Waals surface area contributed by atoms with Gasteiger partial charge in [0, 0.05) is 44.2 Å². The average molecular weight is 766 g/mol. The van der Waals surface area contributed by atoms with E-state index in [0.717, 1.165) is 71.9 Å². The van der Waals surface area contributed by atoms with E-state index in [-0.39, 0.29) is 37.5 Å². The molecule has 0 bridgehead atoms. The number of aryl methyl sites for hydroxylation is 2. The van der Waals surface area contributed by atoms with Crippen molar-refractivity contribution in [3.05, 3.63) is 87.6 Å². The van der Waals surface area contributed by atoms with Crippen LogP contribution < -0.4 is 25.7 Å². The summed E-state index contributed by atoms with van der Waals surface area (Å²) in [5.74, 6) is -1.11. The molecule has 4 aromatic rings. The van der Waals surface area contributed by atoms with Gasteiger partial charge in [-0.3, -0.25) is 44.0 Å². The number of methoxy groups -OCH3 is 2. The molecule has 2 aromatic heterocycles. The molecule has 14 nitrogen and oxygen atoms in total. The first-order valence-electron chi connectivity index (χ1n) is 19.0. The number of carbonyl (C=O) groups excluding carboxylic acids is 5. The molecule has 0 aliphatic carbocycles. The summed E-state index contributed by atoms with van der Waals surface area (Å²) in [6.07, 6.45) is 12.6. The van der Waals surface area contributed by atoms with E-state index < -0.39 is 29.7 Å². The molecule has 294 valence electrons. The van der Waals surface area contributed by atoms with Gasteiger partial charge in [-0.2, -0.15) is 0 Å². The number of imide groups is 2. The number of carbonyl (C=O) groups is 5. The number of hydrogen-bond acceptors (Lipinski definition) is 10. The number of benzene rings is 2. The van der Waals surface area contributed by atoms with Crippen LogP contribution in [-0.4, -0.2) is 77.4 Å². The summed E-state index contributed by atoms with van der Waals surface area (Å²) in [4.78, 5) is 80.6. The maximum Gasteiger partial charge on any atom is 0.262 e. The monoisotopic (exact) mass is 765 g/mol. The van der Waals surface area contributed by atoms with E-state index >= 15 is 0 Å². The van der Waals surface area contributed by atoms with E-state index in [1.165, 1.54) is 4.57 Å². The molecule has 2 aromatic carbocycles. The number of ether oxygens (including phenoxy) is 3. The first kappa shape index (κ1) is 39.8. The summed E-state index contributed by atoms with van der Waals surface area (Å²) in [5.41, 5.74) is 3.62. The maximum absolute atomic E-state index is 13.3. The SMILES string of the molecule is COc1cc(-c2cn(C)c(=O)c3cnccc23)cc(OC)c1COCC(=O)NCCCCCCCCCc1cccc2c1C(=O)N(C1CCC(=O)NC1=O)C2=O. The molecular formula is C42H47N5O9. The number of pyridine rings is 2. The third-order valence-corrected chi connectivity index (χ3v) is 10.4. The highest BCUT2D eigenvalue weighted by Gasteiger charge is 2.45. The van der Waals surface area contributed by atoms with Crippen molar-refractivity contribution in [1.29, 1.82) is 0 Å². The summed E-state index contributed by atoms with van der Waals surface area (Å²) >= 11 is 0. The average Bonchev–Trinajstić information content (AvgIpc) is 3.45. The number of fused-ring (bicyclic) bond motifs is 2. The van der Waals surface area contributed by atoms with Gasteiger partial charge >= 0.3 is 0 Å². The zero-order valence-electron chi connectivity index (χ0n) is 32.0. The minimum atomic E-state index is -0.972. The molecule has 4 heterocycles. The second-order valence-electron chi connectivity index (χ2n) is 14.1. The highest BCUT2D eigenvalue weighted by Crippen LogP contribution is 2.37. The van der Waals surface area contributed by atoms with Gasteiger partial charge in [0.05, 0.1) is 42.9 Å². The minimum absolute atomic E-state index is 0.0874. The van der Waals surface area contributed by atoms with Crippen LogP contribution in [0.4, 0.5) is 0 Å². The van der Waals surface area contributed by atoms with Gasteiger partial charge in [0.2, 0.25) is 17.7 Å². The van der Waals surface area contributed by atoms with Crippen LogP contribution in [0.25, 0.3) is 21.9 Å². The molecule has 1 saturated heterocycles. The Hall–Kier alpha value is -5.89. The standard InChI is InChI=1S/C42H47N5O9/c1-46-23-31(28-17-19-43-22-30(28)40(46)51)27-20-34(54-2)32(35(21-27)55-3)24-56-25-37(49)44-18-10-8-6-4-5-7-9-12-26-13-11-14-29-38(26)42(53)47(41(29)52)33-15-16-36(48)45-39(33)50/h11,13-14,17,19-23,33H,4-10,12,15-16,18,24-25H2,1-3H3,(H,44,49)(H,45,48,50). The molecule has 2 N–H and O–H groups in total. The van der Waals surface area contributed by atoms with Gasteiger partial charge in [0.15, 0.2) is 0 Å². The molecule has 1 fully saturated rings. The van der Waals surface area contributed by atoms with Gasteiger partial charge in [-0.1, -0.05) is 44.2 Å². The number of rotatable bonds is 18. The van der Waals surface area contributed by atoms with Crippen molar-refractivity contribution in [1.82, 2.24) is 25.1 Å². The Labute approximate surface area is 324 Å². The molecule has 6 rings (SSSR count). The van der Waals surface area contributed by atoms with Crippen molar-refractivity contribution in [2.75, 3.05) is 27.4 Å². The number of amides is 5. The lowest BCUT2D eigenvalue weighted by Gasteiger charge is -2.27. The van der Waals surface area contributed by atoms with Gasteiger partial charge < -0.3 is 24.1 Å². The van der Waals surface area contributed by atoms with Crippen molar-refractivity contribution in [2.24, 2.45) is 7.05 Å². The smallest absolute Gasteiger partial charge is 0.262 e. The van der Waals surface area contributed by atoms with Gasteiger partial charge in [0.1, 0.15) is 24.1 Å². The molecular weight excluding hydrogens is 718 g/mol. The zero-order chi connectivity index (χ0) is 39.8. The van der Waals surface area contributed by atoms with E-state index in [0.29, 0.717) is 46.5 Å². The van der Waals surface area contributed by atoms with Crippen molar-refractivity contribution < 1.29 is 38.2 Å². The Bertz CT molecular complexity index is 2190. The van der Waals surface area contributed by atoms with E-state index in [1.807, 2.05) is 18.2 Å². The maximum atomic E-state index is 13.3. The third kappa shape index (κ3) is 8.65. The molecule has 2 aliphatic rings. The van der Waals surface area contributed by atoms with Crippen LogP contribution in [0, 0.1) is 0 Å². The topological polar surface area (TPSA) is 175 Å².